The molecule has 2 aromatic rings. The molecule has 1 aliphatic heterocycles. The second kappa shape index (κ2) is 4.67. The van der Waals surface area contributed by atoms with Gasteiger partial charge in [-0.05, 0) is 53.4 Å². The Bertz CT molecular complexity index is 666. The van der Waals surface area contributed by atoms with Crippen molar-refractivity contribution < 1.29 is 9.53 Å². The Hall–Kier alpha value is -1.87. The van der Waals surface area contributed by atoms with E-state index in [2.05, 4.69) is 0 Å². The number of Topliss-reactive ketones (excluding diaryl/α,β-unsaturated/α-hetero) is 1. The first-order valence-corrected chi connectivity index (χ1v) is 7.11. The number of hydrogen-bond acceptors (Lipinski definition) is 3. The first-order valence-electron chi connectivity index (χ1n) is 6.17. The van der Waals surface area contributed by atoms with E-state index in [0.29, 0.717) is 12.2 Å². The fraction of sp³-hybridized carbons (Fsp3) is 0.188. The third-order valence-electron chi connectivity index (χ3n) is 3.34. The van der Waals surface area contributed by atoms with Crippen LogP contribution in [-0.2, 0) is 0 Å². The highest BCUT2D eigenvalue weighted by atomic mass is 32.1. The molecule has 96 valence electrons. The lowest BCUT2D eigenvalue weighted by Gasteiger charge is -2.22. The van der Waals surface area contributed by atoms with Crippen LogP contribution >= 0.6 is 11.3 Å². The monoisotopic (exact) mass is 270 g/mol. The third kappa shape index (κ3) is 2.10. The first kappa shape index (κ1) is 12.2. The smallest absolute Gasteiger partial charge is 0.196 e. The Labute approximate surface area is 116 Å². The molecule has 2 heterocycles. The molecular weight excluding hydrogens is 256 g/mol. The van der Waals surface area contributed by atoms with Gasteiger partial charge in [-0.25, -0.2) is 0 Å². The number of aryl methyl sites for hydroxylation is 2. The van der Waals surface area contributed by atoms with E-state index in [1.165, 1.54) is 0 Å². The standard InChI is InChI=1S/C16H14O2S/c1-10-3-4-11(2)16-14(10)15(17)13(8-18-16)7-12-5-6-19-9-12/h3-7,9H,8H2,1-2H3/b13-7+. The molecule has 3 heteroatoms. The molecule has 0 saturated heterocycles. The van der Waals surface area contributed by atoms with Crippen molar-refractivity contribution in [3.05, 3.63) is 56.8 Å². The van der Waals surface area contributed by atoms with Gasteiger partial charge in [0.2, 0.25) is 0 Å². The second-order valence-electron chi connectivity index (χ2n) is 4.75. The number of fused-ring (bicyclic) bond motifs is 1. The Kier molecular flexibility index (Phi) is 2.99. The van der Waals surface area contributed by atoms with Gasteiger partial charge >= 0.3 is 0 Å². The molecule has 0 amide bonds. The third-order valence-corrected chi connectivity index (χ3v) is 4.04. The zero-order valence-corrected chi connectivity index (χ0v) is 11.7. The summed E-state index contributed by atoms with van der Waals surface area (Å²) in [6, 6.07) is 5.97. The van der Waals surface area contributed by atoms with Gasteiger partial charge < -0.3 is 4.74 Å². The van der Waals surface area contributed by atoms with Crippen LogP contribution in [0.2, 0.25) is 0 Å². The highest BCUT2D eigenvalue weighted by Crippen LogP contribution is 2.33. The molecule has 3 rings (SSSR count). The number of ether oxygens (including phenoxy) is 1. The summed E-state index contributed by atoms with van der Waals surface area (Å²) < 4.78 is 5.78. The van der Waals surface area contributed by atoms with Crippen molar-refractivity contribution >= 4 is 23.2 Å². The lowest BCUT2D eigenvalue weighted by molar-refractivity contribution is 0.0999. The molecule has 0 unspecified atom stereocenters. The maximum atomic E-state index is 12.6. The van der Waals surface area contributed by atoms with Crippen LogP contribution in [-0.4, -0.2) is 12.4 Å². The van der Waals surface area contributed by atoms with Crippen LogP contribution in [0.25, 0.3) is 6.08 Å². The summed E-state index contributed by atoms with van der Waals surface area (Å²) in [6.07, 6.45) is 1.92. The molecule has 0 aliphatic carbocycles. The summed E-state index contributed by atoms with van der Waals surface area (Å²) in [5.41, 5.74) is 4.49. The quantitative estimate of drug-likeness (QED) is 0.731. The van der Waals surface area contributed by atoms with E-state index in [1.54, 1.807) is 11.3 Å². The van der Waals surface area contributed by atoms with Crippen molar-refractivity contribution in [2.45, 2.75) is 13.8 Å². The molecule has 0 radical (unpaired) electrons. The minimum absolute atomic E-state index is 0.0913. The molecule has 1 aliphatic rings. The van der Waals surface area contributed by atoms with Gasteiger partial charge in [-0.1, -0.05) is 12.1 Å². The average Bonchev–Trinajstić information content (AvgIpc) is 2.89. The number of ketones is 1. The molecular formula is C16H14O2S. The van der Waals surface area contributed by atoms with E-state index in [0.717, 1.165) is 28.0 Å². The number of thiophene rings is 1. The molecule has 0 bridgehead atoms. The lowest BCUT2D eigenvalue weighted by Crippen LogP contribution is -2.21. The van der Waals surface area contributed by atoms with Crippen LogP contribution < -0.4 is 4.74 Å². The summed E-state index contributed by atoms with van der Waals surface area (Å²) in [5.74, 6) is 0.834. The Morgan fingerprint density at radius 2 is 2.00 bits per heavy atom. The van der Waals surface area contributed by atoms with Gasteiger partial charge in [-0.15, -0.1) is 0 Å². The fourth-order valence-corrected chi connectivity index (χ4v) is 2.91. The molecule has 0 atom stereocenters. The minimum Gasteiger partial charge on any atom is -0.488 e. The highest BCUT2D eigenvalue weighted by Gasteiger charge is 2.26. The van der Waals surface area contributed by atoms with Crippen molar-refractivity contribution in [1.82, 2.24) is 0 Å². The van der Waals surface area contributed by atoms with Crippen LogP contribution in [0.5, 0.6) is 5.75 Å². The summed E-state index contributed by atoms with van der Waals surface area (Å²) in [5, 5.41) is 4.03. The molecule has 19 heavy (non-hydrogen) atoms. The molecule has 0 saturated carbocycles. The van der Waals surface area contributed by atoms with Crippen molar-refractivity contribution in [2.24, 2.45) is 0 Å². The zero-order chi connectivity index (χ0) is 13.4. The average molecular weight is 270 g/mol. The first-order chi connectivity index (χ1) is 9.16. The zero-order valence-electron chi connectivity index (χ0n) is 10.9. The molecule has 2 nitrogen and oxygen atoms in total. The minimum atomic E-state index is 0.0913. The van der Waals surface area contributed by atoms with Crippen LogP contribution in [0, 0.1) is 13.8 Å². The summed E-state index contributed by atoms with van der Waals surface area (Å²) in [4.78, 5) is 12.6. The maximum absolute atomic E-state index is 12.6. The van der Waals surface area contributed by atoms with E-state index < -0.39 is 0 Å². The summed E-state index contributed by atoms with van der Waals surface area (Å²) in [7, 11) is 0. The number of benzene rings is 1. The van der Waals surface area contributed by atoms with E-state index in [1.807, 2.05) is 48.9 Å². The molecule has 1 aromatic carbocycles. The van der Waals surface area contributed by atoms with Gasteiger partial charge in [-0.2, -0.15) is 11.3 Å². The maximum Gasteiger partial charge on any atom is 0.196 e. The van der Waals surface area contributed by atoms with Gasteiger partial charge in [-0.3, -0.25) is 4.79 Å². The topological polar surface area (TPSA) is 26.3 Å². The normalized spacial score (nSPS) is 16.3. The SMILES string of the molecule is Cc1ccc(C)c2c1OC/C(=C\c1ccsc1)C2=O. The van der Waals surface area contributed by atoms with Crippen LogP contribution in [0.1, 0.15) is 27.0 Å². The van der Waals surface area contributed by atoms with Crippen molar-refractivity contribution in [2.75, 3.05) is 6.61 Å². The van der Waals surface area contributed by atoms with Crippen molar-refractivity contribution in [3.8, 4) is 5.75 Å². The summed E-state index contributed by atoms with van der Waals surface area (Å²) in [6.45, 7) is 4.28. The predicted molar refractivity (Wildman–Crippen MR) is 78.0 cm³/mol. The Balaban J connectivity index is 2.08. The molecule has 0 fully saturated rings. The second-order valence-corrected chi connectivity index (χ2v) is 5.53. The molecule has 0 N–H and O–H groups in total. The summed E-state index contributed by atoms with van der Waals surface area (Å²) >= 11 is 1.62. The Morgan fingerprint density at radius 3 is 2.74 bits per heavy atom. The lowest BCUT2D eigenvalue weighted by atomic mass is 9.93. The van der Waals surface area contributed by atoms with Gasteiger partial charge in [0.25, 0.3) is 0 Å². The predicted octanol–water partition coefficient (Wildman–Crippen LogP) is 4.02. The van der Waals surface area contributed by atoms with Gasteiger partial charge in [0.1, 0.15) is 12.4 Å². The van der Waals surface area contributed by atoms with Crippen LogP contribution in [0.4, 0.5) is 0 Å². The molecule has 0 spiro atoms. The highest BCUT2D eigenvalue weighted by molar-refractivity contribution is 7.08. The fourth-order valence-electron chi connectivity index (χ4n) is 2.30. The van der Waals surface area contributed by atoms with E-state index in [4.69, 9.17) is 4.74 Å². The van der Waals surface area contributed by atoms with Gasteiger partial charge in [0.05, 0.1) is 5.56 Å². The van der Waals surface area contributed by atoms with Gasteiger partial charge in [0.15, 0.2) is 5.78 Å². The van der Waals surface area contributed by atoms with E-state index in [-0.39, 0.29) is 5.78 Å². The largest absolute Gasteiger partial charge is 0.488 e. The van der Waals surface area contributed by atoms with E-state index >= 15 is 0 Å². The Morgan fingerprint density at radius 1 is 1.21 bits per heavy atom. The van der Waals surface area contributed by atoms with Gasteiger partial charge in [0, 0.05) is 5.57 Å². The number of hydrogen-bond donors (Lipinski definition) is 0. The number of rotatable bonds is 1. The van der Waals surface area contributed by atoms with Crippen LogP contribution in [0.15, 0.2) is 34.5 Å². The number of carbonyl (C=O) groups is 1. The van der Waals surface area contributed by atoms with E-state index in [9.17, 15) is 4.79 Å². The van der Waals surface area contributed by atoms with Crippen molar-refractivity contribution in [1.29, 1.82) is 0 Å². The molecule has 1 aromatic heterocycles. The number of carbonyl (C=O) groups excluding carboxylic acids is 1. The van der Waals surface area contributed by atoms with Crippen LogP contribution in [0.3, 0.4) is 0 Å². The van der Waals surface area contributed by atoms with Crippen molar-refractivity contribution in [3.63, 3.8) is 0 Å².